The summed E-state index contributed by atoms with van der Waals surface area (Å²) in [4.78, 5) is 10.3. The second-order valence-corrected chi connectivity index (χ2v) is 11.0. The van der Waals surface area contributed by atoms with Crippen LogP contribution in [-0.4, -0.2) is 5.97 Å². The van der Waals surface area contributed by atoms with Gasteiger partial charge in [0.15, 0.2) is 0 Å². The van der Waals surface area contributed by atoms with E-state index in [1.165, 1.54) is 173 Å². The van der Waals surface area contributed by atoms with Gasteiger partial charge in [0.2, 0.25) is 0 Å². The number of unbranched alkanes of at least 4 members (excludes halogenated alkanes) is 28. The summed E-state index contributed by atoms with van der Waals surface area (Å²) in [6, 6.07) is 0. The van der Waals surface area contributed by atoms with Crippen molar-refractivity contribution in [1.82, 2.24) is 0 Å². The van der Waals surface area contributed by atoms with Crippen LogP contribution in [0.4, 0.5) is 0 Å². The van der Waals surface area contributed by atoms with Crippen molar-refractivity contribution in [3.63, 3.8) is 0 Å². The van der Waals surface area contributed by atoms with E-state index in [2.05, 4.69) is 6.92 Å². The molecule has 0 aliphatic carbocycles. The monoisotopic (exact) mass is 479 g/mol. The molecule has 0 saturated carbocycles. The van der Waals surface area contributed by atoms with Crippen LogP contribution in [0.25, 0.3) is 0 Å². The van der Waals surface area contributed by atoms with Crippen LogP contribution in [0, 0.1) is 0 Å². The number of hydrogen-bond acceptors (Lipinski definition) is 2. The molecule has 0 rings (SSSR count). The van der Waals surface area contributed by atoms with E-state index in [0.29, 0.717) is 0 Å². The molecule has 204 valence electrons. The number of rotatable bonds is 30. The van der Waals surface area contributed by atoms with Crippen LogP contribution >= 0.6 is 0 Å². The molecule has 2 heteroatoms. The van der Waals surface area contributed by atoms with E-state index >= 15 is 0 Å². The highest BCUT2D eigenvalue weighted by molar-refractivity contribution is 5.64. The van der Waals surface area contributed by atoms with Crippen LogP contribution in [0.15, 0.2) is 0 Å². The van der Waals surface area contributed by atoms with Gasteiger partial charge in [0.25, 0.3) is 0 Å². The lowest BCUT2D eigenvalue weighted by Crippen LogP contribution is -2.21. The van der Waals surface area contributed by atoms with Gasteiger partial charge in [-0.05, 0) is 12.8 Å². The van der Waals surface area contributed by atoms with Gasteiger partial charge in [-0.2, -0.15) is 0 Å². The van der Waals surface area contributed by atoms with Crippen LogP contribution < -0.4 is 5.11 Å². The maximum atomic E-state index is 10.3. The molecular formula is C32H63O2-. The van der Waals surface area contributed by atoms with Gasteiger partial charge >= 0.3 is 0 Å². The zero-order chi connectivity index (χ0) is 24.8. The highest BCUT2D eigenvalue weighted by Gasteiger charge is 1.97. The third-order valence-corrected chi connectivity index (χ3v) is 7.48. The SMILES string of the molecule is CCCCCCCCCCCCCCCCCCCCCCCCCCCCCCCC(=O)[O-]. The molecule has 0 bridgehead atoms. The van der Waals surface area contributed by atoms with Crippen LogP contribution in [0.5, 0.6) is 0 Å². The van der Waals surface area contributed by atoms with E-state index in [1.54, 1.807) is 0 Å². The summed E-state index contributed by atoms with van der Waals surface area (Å²) >= 11 is 0. The fraction of sp³-hybridized carbons (Fsp3) is 0.969. The lowest BCUT2D eigenvalue weighted by Gasteiger charge is -2.05. The topological polar surface area (TPSA) is 40.1 Å². The molecule has 0 aromatic rings. The molecule has 2 nitrogen and oxygen atoms in total. The van der Waals surface area contributed by atoms with Crippen molar-refractivity contribution >= 4 is 5.97 Å². The minimum atomic E-state index is -0.898. The van der Waals surface area contributed by atoms with Crippen molar-refractivity contribution in [2.24, 2.45) is 0 Å². The van der Waals surface area contributed by atoms with E-state index in [4.69, 9.17) is 0 Å². The summed E-state index contributed by atoms with van der Waals surface area (Å²) < 4.78 is 0. The molecule has 0 N–H and O–H groups in total. The van der Waals surface area contributed by atoms with Crippen LogP contribution in [0.2, 0.25) is 0 Å². The largest absolute Gasteiger partial charge is 0.550 e. The van der Waals surface area contributed by atoms with Gasteiger partial charge in [-0.3, -0.25) is 0 Å². The van der Waals surface area contributed by atoms with Gasteiger partial charge in [0, 0.05) is 5.97 Å². The molecule has 0 aromatic heterocycles. The predicted octanol–water partition coefficient (Wildman–Crippen LogP) is 10.5. The van der Waals surface area contributed by atoms with E-state index in [-0.39, 0.29) is 6.42 Å². The molecule has 0 spiro atoms. The Morgan fingerprint density at radius 1 is 0.353 bits per heavy atom. The minimum absolute atomic E-state index is 0.236. The lowest BCUT2D eigenvalue weighted by molar-refractivity contribution is -0.305. The molecular weight excluding hydrogens is 416 g/mol. The fourth-order valence-corrected chi connectivity index (χ4v) is 5.12. The molecule has 0 heterocycles. The van der Waals surface area contributed by atoms with Crippen molar-refractivity contribution in [3.8, 4) is 0 Å². The number of hydrogen-bond donors (Lipinski definition) is 0. The standard InChI is InChI=1S/C32H64O2/c1-2-3-4-5-6-7-8-9-10-11-12-13-14-15-16-17-18-19-20-21-22-23-24-25-26-27-28-29-30-31-32(33)34/h2-31H2,1H3,(H,33,34)/p-1. The Hall–Kier alpha value is -0.530. The first kappa shape index (κ1) is 33.5. The molecule has 0 atom stereocenters. The first-order valence-electron chi connectivity index (χ1n) is 16.0. The number of aliphatic carboxylic acids is 1. The molecule has 0 amide bonds. The molecule has 0 aromatic carbocycles. The third kappa shape index (κ3) is 31.5. The normalized spacial score (nSPS) is 11.3. The zero-order valence-electron chi connectivity index (χ0n) is 23.5. The number of carboxylic acids is 1. The maximum Gasteiger partial charge on any atom is 0.0414 e. The average Bonchev–Trinajstić information content (AvgIpc) is 2.83. The predicted molar refractivity (Wildman–Crippen MR) is 149 cm³/mol. The zero-order valence-corrected chi connectivity index (χ0v) is 23.5. The quantitative estimate of drug-likeness (QED) is 0.0961. The van der Waals surface area contributed by atoms with Crippen molar-refractivity contribution < 1.29 is 9.90 Å². The molecule has 34 heavy (non-hydrogen) atoms. The Balaban J connectivity index is 3.01. The molecule has 0 radical (unpaired) electrons. The van der Waals surface area contributed by atoms with Crippen LogP contribution in [0.1, 0.15) is 200 Å². The Labute approximate surface area is 215 Å². The van der Waals surface area contributed by atoms with Gasteiger partial charge in [-0.15, -0.1) is 0 Å². The highest BCUT2D eigenvalue weighted by atomic mass is 16.4. The van der Waals surface area contributed by atoms with Crippen molar-refractivity contribution in [2.75, 3.05) is 0 Å². The number of carboxylic acid groups (broad SMARTS) is 1. The van der Waals surface area contributed by atoms with Gasteiger partial charge in [0.05, 0.1) is 0 Å². The Morgan fingerprint density at radius 2 is 0.529 bits per heavy atom. The number of carbonyl (C=O) groups is 1. The summed E-state index contributed by atoms with van der Waals surface area (Å²) in [5.41, 5.74) is 0. The van der Waals surface area contributed by atoms with Crippen LogP contribution in [0.3, 0.4) is 0 Å². The summed E-state index contributed by atoms with van der Waals surface area (Å²) in [6.07, 6.45) is 40.6. The number of carbonyl (C=O) groups excluding carboxylic acids is 1. The molecule has 0 aliphatic rings. The summed E-state index contributed by atoms with van der Waals surface area (Å²) in [6.45, 7) is 2.30. The van der Waals surface area contributed by atoms with E-state index in [0.717, 1.165) is 12.8 Å². The molecule has 0 saturated heterocycles. The first-order chi connectivity index (χ1) is 16.8. The van der Waals surface area contributed by atoms with Gasteiger partial charge < -0.3 is 9.90 Å². The Bertz CT molecular complexity index is 379. The average molecular weight is 480 g/mol. The summed E-state index contributed by atoms with van der Waals surface area (Å²) in [5, 5.41) is 10.3. The van der Waals surface area contributed by atoms with Gasteiger partial charge in [-0.1, -0.05) is 187 Å². The second kappa shape index (κ2) is 30.5. The van der Waals surface area contributed by atoms with Crippen molar-refractivity contribution in [1.29, 1.82) is 0 Å². The molecule has 0 unspecified atom stereocenters. The molecule has 0 fully saturated rings. The van der Waals surface area contributed by atoms with Gasteiger partial charge in [0.1, 0.15) is 0 Å². The maximum absolute atomic E-state index is 10.3. The van der Waals surface area contributed by atoms with Gasteiger partial charge in [-0.25, -0.2) is 0 Å². The smallest absolute Gasteiger partial charge is 0.0414 e. The summed E-state index contributed by atoms with van der Waals surface area (Å²) in [5.74, 6) is -0.898. The van der Waals surface area contributed by atoms with Crippen LogP contribution in [-0.2, 0) is 4.79 Å². The Morgan fingerprint density at radius 3 is 0.706 bits per heavy atom. The fourth-order valence-electron chi connectivity index (χ4n) is 5.12. The van der Waals surface area contributed by atoms with E-state index in [9.17, 15) is 9.90 Å². The highest BCUT2D eigenvalue weighted by Crippen LogP contribution is 2.16. The molecule has 0 aliphatic heterocycles. The Kier molecular flexibility index (Phi) is 30.0. The first-order valence-corrected chi connectivity index (χ1v) is 16.0. The second-order valence-electron chi connectivity index (χ2n) is 11.0. The van der Waals surface area contributed by atoms with E-state index in [1.807, 2.05) is 0 Å². The summed E-state index contributed by atoms with van der Waals surface area (Å²) in [7, 11) is 0. The lowest BCUT2D eigenvalue weighted by atomic mass is 10.0. The van der Waals surface area contributed by atoms with E-state index < -0.39 is 5.97 Å². The minimum Gasteiger partial charge on any atom is -0.550 e. The van der Waals surface area contributed by atoms with Crippen molar-refractivity contribution in [3.05, 3.63) is 0 Å². The van der Waals surface area contributed by atoms with Crippen molar-refractivity contribution in [2.45, 2.75) is 200 Å². The third-order valence-electron chi connectivity index (χ3n) is 7.48.